The lowest BCUT2D eigenvalue weighted by Gasteiger charge is -2.32. The molecule has 10 nitrogen and oxygen atoms in total. The van der Waals surface area contributed by atoms with Crippen LogP contribution in [-0.2, 0) is 45.1 Å². The number of fused-ring (bicyclic) bond motifs is 2. The van der Waals surface area contributed by atoms with Crippen molar-refractivity contribution in [2.24, 2.45) is 0 Å². The van der Waals surface area contributed by atoms with Crippen molar-refractivity contribution < 1.29 is 57.1 Å². The van der Waals surface area contributed by atoms with Crippen LogP contribution in [0.1, 0.15) is 45.5 Å². The third kappa shape index (κ3) is 7.72. The van der Waals surface area contributed by atoms with E-state index in [0.29, 0.717) is 11.1 Å². The van der Waals surface area contributed by atoms with Gasteiger partial charge in [-0.2, -0.15) is 0 Å². The quantitative estimate of drug-likeness (QED) is 0.115. The molecule has 2 aliphatic carbocycles. The number of carbonyl (C=O) groups is 2. The van der Waals surface area contributed by atoms with Gasteiger partial charge >= 0.3 is 0 Å². The van der Waals surface area contributed by atoms with Crippen LogP contribution in [0.5, 0.6) is 0 Å². The molecule has 8 unspecified atom stereocenters. The van der Waals surface area contributed by atoms with E-state index in [0.717, 1.165) is 23.3 Å². The van der Waals surface area contributed by atoms with Crippen molar-refractivity contribution in [3.05, 3.63) is 142 Å². The largest absolute Gasteiger partial charge is 0.390 e. The minimum atomic E-state index is -2.33. The van der Waals surface area contributed by atoms with E-state index in [1.54, 1.807) is 48.5 Å². The van der Waals surface area contributed by atoms with Gasteiger partial charge in [-0.05, 0) is 34.4 Å². The van der Waals surface area contributed by atoms with E-state index in [1.165, 1.54) is 24.3 Å². The lowest BCUT2D eigenvalue weighted by molar-refractivity contribution is -0.171. The molecule has 14 heteroatoms. The molecule has 0 aliphatic heterocycles. The molecule has 0 aromatic heterocycles. The van der Waals surface area contributed by atoms with Crippen LogP contribution in [0.3, 0.4) is 0 Å². The lowest BCUT2D eigenvalue weighted by Crippen LogP contribution is -2.57. The van der Waals surface area contributed by atoms with Crippen LogP contribution in [0, 0.1) is 23.3 Å². The number of rotatable bonds is 13. The normalized spacial score (nSPS) is 21.5. The first-order chi connectivity index (χ1) is 24.9. The Kier molecular flexibility index (Phi) is 11.3. The van der Waals surface area contributed by atoms with Gasteiger partial charge in [0.15, 0.2) is 35.5 Å². The minimum Gasteiger partial charge on any atom is -0.390 e. The number of hydrogen-bond acceptors (Lipinski definition) is 8. The van der Waals surface area contributed by atoms with E-state index < -0.39 is 97.0 Å². The van der Waals surface area contributed by atoms with Crippen LogP contribution in [0.25, 0.3) is 0 Å². The Morgan fingerprint density at radius 2 is 1.00 bits per heavy atom. The van der Waals surface area contributed by atoms with Gasteiger partial charge in [-0.3, -0.25) is 9.59 Å². The summed E-state index contributed by atoms with van der Waals surface area (Å²) in [6.07, 6.45) is -10.7. The molecule has 0 saturated heterocycles. The zero-order valence-corrected chi connectivity index (χ0v) is 27.5. The first kappa shape index (κ1) is 37.1. The van der Waals surface area contributed by atoms with Crippen molar-refractivity contribution in [3.8, 4) is 0 Å². The Morgan fingerprint density at radius 1 is 0.615 bits per heavy atom. The summed E-state index contributed by atoms with van der Waals surface area (Å²) in [6, 6.07) is 18.2. The molecule has 2 amide bonds. The molecule has 274 valence electrons. The van der Waals surface area contributed by atoms with Crippen LogP contribution in [0.2, 0.25) is 0 Å². The number of aliphatic hydroxyl groups excluding tert-OH is 4. The van der Waals surface area contributed by atoms with E-state index in [9.17, 15) is 47.6 Å². The zero-order chi connectivity index (χ0) is 37.1. The highest BCUT2D eigenvalue weighted by atomic mass is 19.2. The SMILES string of the molecule is O=C(NC1c2ccccc2CC1O)C(OCc1cccc(F)c1F)C(O)C(O)C(OCc1cccc(F)c1F)C(=O)NC1c2ccccc2CC1O. The summed E-state index contributed by atoms with van der Waals surface area (Å²) in [5.74, 6) is -7.19. The van der Waals surface area contributed by atoms with Crippen molar-refractivity contribution in [1.82, 2.24) is 10.6 Å². The van der Waals surface area contributed by atoms with Crippen molar-refractivity contribution in [1.29, 1.82) is 0 Å². The Balaban J connectivity index is 1.29. The molecule has 4 aromatic carbocycles. The second kappa shape index (κ2) is 15.9. The minimum absolute atomic E-state index is 0.190. The summed E-state index contributed by atoms with van der Waals surface area (Å²) >= 11 is 0. The second-order valence-corrected chi connectivity index (χ2v) is 12.8. The molecule has 0 saturated carbocycles. The standard InChI is InChI=1S/C38H36F4N2O8/c39-25-13-5-9-21(29(25)41)17-51-35(37(49)43-31-23-11-3-1-7-19(23)15-27(31)45)33(47)34(48)36(52-18-22-10-6-14-26(40)30(22)42)38(50)44-32-24-12-4-2-8-20(24)16-28(32)46/h1-14,27-28,31-36,45-48H,15-18H2,(H,43,49)(H,44,50). The summed E-state index contributed by atoms with van der Waals surface area (Å²) < 4.78 is 68.4. The van der Waals surface area contributed by atoms with Gasteiger partial charge in [-0.15, -0.1) is 0 Å². The summed E-state index contributed by atoms with van der Waals surface area (Å²) in [5, 5.41) is 49.8. The van der Waals surface area contributed by atoms with Crippen LogP contribution < -0.4 is 10.6 Å². The van der Waals surface area contributed by atoms with Gasteiger partial charge < -0.3 is 40.5 Å². The first-order valence-corrected chi connectivity index (χ1v) is 16.5. The van der Waals surface area contributed by atoms with E-state index in [4.69, 9.17) is 9.47 Å². The molecule has 4 aromatic rings. The molecule has 0 radical (unpaired) electrons. The summed E-state index contributed by atoms with van der Waals surface area (Å²) in [5.41, 5.74) is 1.94. The number of hydrogen-bond donors (Lipinski definition) is 6. The van der Waals surface area contributed by atoms with E-state index in [1.807, 2.05) is 0 Å². The predicted molar refractivity (Wildman–Crippen MR) is 176 cm³/mol. The molecule has 0 heterocycles. The Bertz CT molecular complexity index is 1790. The lowest BCUT2D eigenvalue weighted by atomic mass is 9.99. The topological polar surface area (TPSA) is 158 Å². The van der Waals surface area contributed by atoms with Gasteiger partial charge in [0, 0.05) is 24.0 Å². The van der Waals surface area contributed by atoms with Gasteiger partial charge in [-0.1, -0.05) is 72.8 Å². The number of carbonyl (C=O) groups excluding carboxylic acids is 2. The maximum Gasteiger partial charge on any atom is 0.252 e. The average molecular weight is 725 g/mol. The number of benzene rings is 4. The van der Waals surface area contributed by atoms with Gasteiger partial charge in [0.2, 0.25) is 0 Å². The van der Waals surface area contributed by atoms with E-state index >= 15 is 0 Å². The molecule has 2 aliphatic rings. The number of halogens is 4. The molecule has 0 bridgehead atoms. The molecule has 0 spiro atoms. The highest BCUT2D eigenvalue weighted by Gasteiger charge is 2.44. The van der Waals surface area contributed by atoms with Crippen LogP contribution in [0.4, 0.5) is 17.6 Å². The van der Waals surface area contributed by atoms with Crippen molar-refractivity contribution in [2.75, 3.05) is 0 Å². The molecule has 6 N–H and O–H groups in total. The zero-order valence-electron chi connectivity index (χ0n) is 27.5. The summed E-state index contributed by atoms with van der Waals surface area (Å²) in [6.45, 7) is -1.57. The van der Waals surface area contributed by atoms with Crippen molar-refractivity contribution in [3.63, 3.8) is 0 Å². The summed E-state index contributed by atoms with van der Waals surface area (Å²) in [4.78, 5) is 27.7. The fourth-order valence-corrected chi connectivity index (χ4v) is 6.66. The predicted octanol–water partition coefficient (Wildman–Crippen LogP) is 2.98. The molecular formula is C38H36F4N2O8. The molecule has 52 heavy (non-hydrogen) atoms. The Hall–Kier alpha value is -4.70. The highest BCUT2D eigenvalue weighted by Crippen LogP contribution is 2.33. The Morgan fingerprint density at radius 3 is 1.40 bits per heavy atom. The number of amides is 2. The second-order valence-electron chi connectivity index (χ2n) is 12.8. The fraction of sp³-hybridized carbons (Fsp3) is 0.316. The first-order valence-electron chi connectivity index (χ1n) is 16.5. The van der Waals surface area contributed by atoms with Crippen LogP contribution >= 0.6 is 0 Å². The molecular weight excluding hydrogens is 688 g/mol. The van der Waals surface area contributed by atoms with Gasteiger partial charge in [0.05, 0.1) is 37.5 Å². The highest BCUT2D eigenvalue weighted by molar-refractivity contribution is 5.84. The monoisotopic (exact) mass is 724 g/mol. The summed E-state index contributed by atoms with van der Waals surface area (Å²) in [7, 11) is 0. The third-order valence-corrected chi connectivity index (χ3v) is 9.39. The van der Waals surface area contributed by atoms with Crippen LogP contribution in [-0.4, -0.2) is 68.9 Å². The number of ether oxygens (including phenoxy) is 2. The Labute approximate surface area is 295 Å². The third-order valence-electron chi connectivity index (χ3n) is 9.39. The van der Waals surface area contributed by atoms with E-state index in [2.05, 4.69) is 10.6 Å². The average Bonchev–Trinajstić information content (AvgIpc) is 3.62. The number of aliphatic hydroxyl groups is 4. The van der Waals surface area contributed by atoms with Gasteiger partial charge in [0.1, 0.15) is 12.2 Å². The van der Waals surface area contributed by atoms with Gasteiger partial charge in [0.25, 0.3) is 11.8 Å². The van der Waals surface area contributed by atoms with E-state index in [-0.39, 0.29) is 24.0 Å². The van der Waals surface area contributed by atoms with Gasteiger partial charge in [-0.25, -0.2) is 17.6 Å². The molecule has 8 atom stereocenters. The molecule has 0 fully saturated rings. The van der Waals surface area contributed by atoms with Crippen LogP contribution in [0.15, 0.2) is 84.9 Å². The number of nitrogens with one attached hydrogen (secondary N) is 2. The molecule has 6 rings (SSSR count). The fourth-order valence-electron chi connectivity index (χ4n) is 6.66. The maximum absolute atomic E-state index is 14.6. The van der Waals surface area contributed by atoms with Crippen molar-refractivity contribution in [2.45, 2.75) is 74.8 Å². The maximum atomic E-state index is 14.6. The smallest absolute Gasteiger partial charge is 0.252 e. The van der Waals surface area contributed by atoms with Crippen molar-refractivity contribution >= 4 is 11.8 Å².